The van der Waals surface area contributed by atoms with E-state index >= 15 is 0 Å². The van der Waals surface area contributed by atoms with Gasteiger partial charge in [-0.1, -0.05) is 30.3 Å². The number of methoxy groups -OCH3 is 1. The molecular weight excluding hydrogens is 456 g/mol. The Morgan fingerprint density at radius 3 is 2.53 bits per heavy atom. The van der Waals surface area contributed by atoms with Crippen LogP contribution in [0.25, 0.3) is 11.4 Å². The third-order valence-electron chi connectivity index (χ3n) is 5.90. The zero-order valence-corrected chi connectivity index (χ0v) is 20.2. The Morgan fingerprint density at radius 1 is 1.06 bits per heavy atom. The number of hydrogen-bond acceptors (Lipinski definition) is 7. The molecule has 0 fully saturated rings. The van der Waals surface area contributed by atoms with Gasteiger partial charge in [-0.25, -0.2) is 4.68 Å². The van der Waals surface area contributed by atoms with Gasteiger partial charge in [0.05, 0.1) is 25.0 Å². The number of anilines is 2. The number of benzene rings is 2. The fraction of sp³-hybridized carbons (Fsp3) is 0.185. The third kappa shape index (κ3) is 4.26. The Labute approximate surface area is 208 Å². The molecule has 0 saturated heterocycles. The molecule has 1 unspecified atom stereocenters. The second-order valence-electron chi connectivity index (χ2n) is 8.13. The second-order valence-corrected chi connectivity index (χ2v) is 8.13. The number of aromatic nitrogens is 4. The normalized spacial score (nSPS) is 14.6. The first kappa shape index (κ1) is 23.1. The zero-order chi connectivity index (χ0) is 25.1. The first-order valence-electron chi connectivity index (χ1n) is 11.6. The number of para-hydroxylation sites is 3. The van der Waals surface area contributed by atoms with Gasteiger partial charge in [-0.15, -0.1) is 5.10 Å². The Bertz CT molecular complexity index is 1430. The van der Waals surface area contributed by atoms with E-state index in [-0.39, 0.29) is 5.91 Å². The van der Waals surface area contributed by atoms with Gasteiger partial charge in [0.1, 0.15) is 17.5 Å². The van der Waals surface area contributed by atoms with Crippen molar-refractivity contribution < 1.29 is 14.3 Å². The third-order valence-corrected chi connectivity index (χ3v) is 5.90. The maximum absolute atomic E-state index is 13.8. The second kappa shape index (κ2) is 9.91. The summed E-state index contributed by atoms with van der Waals surface area (Å²) >= 11 is 0. The Kier molecular flexibility index (Phi) is 6.36. The summed E-state index contributed by atoms with van der Waals surface area (Å²) < 4.78 is 13.1. The van der Waals surface area contributed by atoms with Gasteiger partial charge in [-0.3, -0.25) is 9.78 Å². The van der Waals surface area contributed by atoms with Crippen LogP contribution in [0.15, 0.2) is 84.3 Å². The fourth-order valence-corrected chi connectivity index (χ4v) is 4.29. The number of pyridine rings is 1. The summed E-state index contributed by atoms with van der Waals surface area (Å²) in [6.45, 7) is 4.27. The number of rotatable bonds is 7. The van der Waals surface area contributed by atoms with Crippen molar-refractivity contribution in [1.29, 1.82) is 0 Å². The van der Waals surface area contributed by atoms with Crippen LogP contribution in [-0.4, -0.2) is 39.4 Å². The minimum atomic E-state index is -0.582. The maximum atomic E-state index is 13.8. The van der Waals surface area contributed by atoms with Gasteiger partial charge in [-0.2, -0.15) is 4.98 Å². The maximum Gasteiger partial charge on any atom is 0.255 e. The van der Waals surface area contributed by atoms with Gasteiger partial charge in [0, 0.05) is 29.2 Å². The number of nitrogens with zero attached hydrogens (tertiary/aromatic N) is 4. The van der Waals surface area contributed by atoms with E-state index in [4.69, 9.17) is 19.6 Å². The van der Waals surface area contributed by atoms with Crippen molar-refractivity contribution >= 4 is 17.5 Å². The molecule has 2 aromatic heterocycles. The molecule has 0 bridgehead atoms. The van der Waals surface area contributed by atoms with Crippen molar-refractivity contribution in [3.8, 4) is 22.9 Å². The van der Waals surface area contributed by atoms with Crippen LogP contribution in [0.5, 0.6) is 11.5 Å². The summed E-state index contributed by atoms with van der Waals surface area (Å²) in [5.41, 5.74) is 3.36. The molecule has 3 heterocycles. The molecule has 9 nitrogen and oxygen atoms in total. The van der Waals surface area contributed by atoms with Crippen molar-refractivity contribution in [3.63, 3.8) is 0 Å². The molecule has 1 atom stereocenters. The molecule has 0 spiro atoms. The van der Waals surface area contributed by atoms with E-state index in [0.717, 1.165) is 11.1 Å². The van der Waals surface area contributed by atoms with E-state index in [9.17, 15) is 4.79 Å². The largest absolute Gasteiger partial charge is 0.495 e. The Hall–Kier alpha value is -4.66. The topological polar surface area (TPSA) is 103 Å². The fourth-order valence-electron chi connectivity index (χ4n) is 4.29. The number of hydrogen-bond donors (Lipinski definition) is 2. The average Bonchev–Trinajstić information content (AvgIpc) is 3.33. The van der Waals surface area contributed by atoms with Crippen molar-refractivity contribution in [2.45, 2.75) is 19.9 Å². The predicted octanol–water partition coefficient (Wildman–Crippen LogP) is 4.68. The van der Waals surface area contributed by atoms with Crippen LogP contribution < -0.4 is 20.1 Å². The molecule has 5 rings (SSSR count). The number of amides is 1. The number of nitrogens with one attached hydrogen (secondary N) is 2. The predicted molar refractivity (Wildman–Crippen MR) is 137 cm³/mol. The summed E-state index contributed by atoms with van der Waals surface area (Å²) in [7, 11) is 1.57. The molecule has 0 aliphatic carbocycles. The van der Waals surface area contributed by atoms with Crippen molar-refractivity contribution in [3.05, 3.63) is 89.9 Å². The molecule has 182 valence electrons. The average molecular weight is 483 g/mol. The Balaban J connectivity index is 1.63. The monoisotopic (exact) mass is 482 g/mol. The molecule has 2 N–H and O–H groups in total. The molecule has 4 aromatic rings. The first-order chi connectivity index (χ1) is 17.6. The lowest BCUT2D eigenvalue weighted by Crippen LogP contribution is -2.31. The highest BCUT2D eigenvalue weighted by Crippen LogP contribution is 2.40. The van der Waals surface area contributed by atoms with Gasteiger partial charge in [-0.05, 0) is 44.2 Å². The number of carbonyl (C=O) groups excluding carboxylic acids is 1. The molecule has 1 amide bonds. The SMILES string of the molecule is CCOc1ccccc1C1C(C(=O)Nc2ccccc2OC)=C(C)Nc2nc(-c3ccncc3)nn21. The molecular formula is C27H26N6O3. The van der Waals surface area contributed by atoms with E-state index in [1.165, 1.54) is 0 Å². The van der Waals surface area contributed by atoms with E-state index in [1.54, 1.807) is 36.3 Å². The molecule has 1 aliphatic heterocycles. The van der Waals surface area contributed by atoms with Crippen molar-refractivity contribution in [1.82, 2.24) is 19.7 Å². The number of carbonyl (C=O) groups is 1. The summed E-state index contributed by atoms with van der Waals surface area (Å²) in [5.74, 6) is 2.02. The van der Waals surface area contributed by atoms with Gasteiger partial charge in [0.25, 0.3) is 5.91 Å². The lowest BCUT2D eigenvalue weighted by molar-refractivity contribution is -0.113. The summed E-state index contributed by atoms with van der Waals surface area (Å²) in [5, 5.41) is 11.1. The van der Waals surface area contributed by atoms with Crippen LogP contribution in [0.1, 0.15) is 25.5 Å². The van der Waals surface area contributed by atoms with Gasteiger partial charge in [0.15, 0.2) is 5.82 Å². The molecule has 0 radical (unpaired) electrons. The smallest absolute Gasteiger partial charge is 0.255 e. The van der Waals surface area contributed by atoms with Gasteiger partial charge < -0.3 is 20.1 Å². The van der Waals surface area contributed by atoms with E-state index in [0.29, 0.717) is 46.8 Å². The van der Waals surface area contributed by atoms with Gasteiger partial charge in [0.2, 0.25) is 5.95 Å². The molecule has 1 aliphatic rings. The molecule has 2 aromatic carbocycles. The first-order valence-corrected chi connectivity index (χ1v) is 11.6. The molecule has 9 heteroatoms. The minimum absolute atomic E-state index is 0.285. The number of ether oxygens (including phenoxy) is 2. The van der Waals surface area contributed by atoms with Crippen LogP contribution in [-0.2, 0) is 4.79 Å². The van der Waals surface area contributed by atoms with Crippen LogP contribution in [0.4, 0.5) is 11.6 Å². The quantitative estimate of drug-likeness (QED) is 0.394. The van der Waals surface area contributed by atoms with Crippen LogP contribution >= 0.6 is 0 Å². The van der Waals surface area contributed by atoms with Crippen molar-refractivity contribution in [2.24, 2.45) is 0 Å². The summed E-state index contributed by atoms with van der Waals surface area (Å²) in [6, 6.07) is 18.1. The van der Waals surface area contributed by atoms with E-state index in [2.05, 4.69) is 15.6 Å². The van der Waals surface area contributed by atoms with Crippen molar-refractivity contribution in [2.75, 3.05) is 24.4 Å². The number of fused-ring (bicyclic) bond motifs is 1. The minimum Gasteiger partial charge on any atom is -0.495 e. The summed E-state index contributed by atoms with van der Waals surface area (Å²) in [6.07, 6.45) is 3.39. The van der Waals surface area contributed by atoms with Crippen LogP contribution in [0, 0.1) is 0 Å². The zero-order valence-electron chi connectivity index (χ0n) is 20.2. The molecule has 36 heavy (non-hydrogen) atoms. The molecule has 0 saturated carbocycles. The highest BCUT2D eigenvalue weighted by atomic mass is 16.5. The standard InChI is InChI=1S/C27H26N6O3/c1-4-36-21-11-7-5-9-19(21)24-23(26(34)30-20-10-6-8-12-22(20)35-3)17(2)29-27-31-25(32-33(24)27)18-13-15-28-16-14-18/h5-16,24H,4H2,1-3H3,(H,30,34)(H,29,31,32). The Morgan fingerprint density at radius 2 is 1.78 bits per heavy atom. The van der Waals surface area contributed by atoms with E-state index < -0.39 is 6.04 Å². The van der Waals surface area contributed by atoms with Gasteiger partial charge >= 0.3 is 0 Å². The lowest BCUT2D eigenvalue weighted by Gasteiger charge is -2.29. The van der Waals surface area contributed by atoms with Crippen LogP contribution in [0.2, 0.25) is 0 Å². The van der Waals surface area contributed by atoms with E-state index in [1.807, 2.05) is 62.4 Å². The van der Waals surface area contributed by atoms with Crippen LogP contribution in [0.3, 0.4) is 0 Å². The highest BCUT2D eigenvalue weighted by molar-refractivity contribution is 6.06. The number of allylic oxidation sites excluding steroid dienone is 1. The summed E-state index contributed by atoms with van der Waals surface area (Å²) in [4.78, 5) is 22.6. The highest BCUT2D eigenvalue weighted by Gasteiger charge is 2.36. The lowest BCUT2D eigenvalue weighted by atomic mass is 9.94.